The Bertz CT molecular complexity index is 842. The molecule has 0 saturated heterocycles. The molecule has 0 fully saturated rings. The molecule has 1 N–H and O–H groups in total. The minimum Gasteiger partial charge on any atom is -0.500 e. The van der Waals surface area contributed by atoms with Crippen molar-refractivity contribution in [3.63, 3.8) is 0 Å². The Morgan fingerprint density at radius 3 is 2.56 bits per heavy atom. The summed E-state index contributed by atoms with van der Waals surface area (Å²) in [5, 5.41) is 20.6. The number of Topliss-reactive ketones (excluding diaryl/α,β-unsaturated/α-hetero) is 2. The molecule has 0 bridgehead atoms. The summed E-state index contributed by atoms with van der Waals surface area (Å²) in [6.07, 6.45) is -4.86. The molecule has 0 unspecified atom stereocenters. The van der Waals surface area contributed by atoms with Crippen LogP contribution in [-0.2, 0) is 4.79 Å². The topological polar surface area (TPSA) is 119 Å². The molecule has 0 atom stereocenters. The van der Waals surface area contributed by atoms with Crippen LogP contribution < -0.4 is 4.74 Å². The number of ether oxygens (including phenoxy) is 1. The largest absolute Gasteiger partial charge is 0.500 e. The van der Waals surface area contributed by atoms with E-state index in [0.29, 0.717) is 6.07 Å². The molecule has 0 amide bonds. The summed E-state index contributed by atoms with van der Waals surface area (Å²) < 4.78 is 43.7. The molecule has 0 radical (unpaired) electrons. The van der Waals surface area contributed by atoms with Gasteiger partial charge in [-0.15, -0.1) is 0 Å². The van der Waals surface area contributed by atoms with E-state index >= 15 is 0 Å². The number of carbonyl (C=O) groups excluding carboxylic acids is 2. The summed E-state index contributed by atoms with van der Waals surface area (Å²) in [6.45, 7) is 0. The van der Waals surface area contributed by atoms with Crippen molar-refractivity contribution in [1.82, 2.24) is 0 Å². The van der Waals surface area contributed by atoms with Gasteiger partial charge in [-0.25, -0.2) is 0 Å². The van der Waals surface area contributed by atoms with Crippen LogP contribution >= 0.6 is 0 Å². The van der Waals surface area contributed by atoms with E-state index in [-0.39, 0.29) is 0 Å². The smallest absolute Gasteiger partial charge is 0.434 e. The van der Waals surface area contributed by atoms with Crippen molar-refractivity contribution in [1.29, 1.82) is 0 Å². The second-order valence-corrected chi connectivity index (χ2v) is 4.79. The summed E-state index contributed by atoms with van der Waals surface area (Å²) in [4.78, 5) is 37.2. The number of aromatic hydroxyl groups is 1. The Labute approximate surface area is 137 Å². The molecule has 11 heteroatoms. The van der Waals surface area contributed by atoms with Crippen LogP contribution in [0, 0.1) is 10.1 Å². The zero-order valence-corrected chi connectivity index (χ0v) is 12.5. The van der Waals surface area contributed by atoms with Crippen LogP contribution in [0.1, 0.15) is 16.8 Å². The minimum atomic E-state index is -5.06. The maximum absolute atomic E-state index is 13.0. The molecule has 0 spiro atoms. The monoisotopic (exact) mass is 358 g/mol. The molecule has 132 valence electrons. The number of hydrogen-bond donors (Lipinski definition) is 1. The first-order chi connectivity index (χ1) is 11.6. The fourth-order valence-electron chi connectivity index (χ4n) is 2.13. The highest BCUT2D eigenvalue weighted by Crippen LogP contribution is 2.39. The first kappa shape index (κ1) is 18.1. The van der Waals surface area contributed by atoms with Gasteiger partial charge < -0.3 is 9.84 Å². The van der Waals surface area contributed by atoms with Gasteiger partial charge >= 0.3 is 11.9 Å². The Morgan fingerprint density at radius 1 is 1.40 bits per heavy atom. The number of rotatable bonds is 4. The predicted molar refractivity (Wildman–Crippen MR) is 76.8 cm³/mol. The number of nitrogens with zero attached hydrogens (tertiary/aromatic N) is 2. The van der Waals surface area contributed by atoms with Gasteiger partial charge in [0.15, 0.2) is 23.0 Å². The number of benzene rings is 1. The van der Waals surface area contributed by atoms with E-state index in [4.69, 9.17) is 0 Å². The first-order valence-corrected chi connectivity index (χ1v) is 6.55. The Morgan fingerprint density at radius 2 is 2.04 bits per heavy atom. The molecule has 25 heavy (non-hydrogen) atoms. The van der Waals surface area contributed by atoms with Crippen LogP contribution in [0.15, 0.2) is 28.4 Å². The van der Waals surface area contributed by atoms with Crippen LogP contribution in [0.3, 0.4) is 0 Å². The van der Waals surface area contributed by atoms with Crippen LogP contribution in [0.5, 0.6) is 11.5 Å². The number of alkyl halides is 3. The van der Waals surface area contributed by atoms with E-state index in [0.717, 1.165) is 19.4 Å². The zero-order valence-electron chi connectivity index (χ0n) is 12.5. The maximum Gasteiger partial charge on any atom is 0.434 e. The van der Waals surface area contributed by atoms with Gasteiger partial charge in [-0.3, -0.25) is 24.7 Å². The number of ketones is 2. The molecule has 2 rings (SSSR count). The summed E-state index contributed by atoms with van der Waals surface area (Å²) in [5.41, 5.74) is -4.48. The summed E-state index contributed by atoms with van der Waals surface area (Å²) in [5.74, 6) is -3.93. The normalized spacial score (nSPS) is 14.6. The SMILES string of the molecule is COc1cc(C(=O)C2=C(C(F)(F)F)N=CCC2=O)cc([N+](=O)[O-])c1O. The standard InChI is InChI=1S/C14H9F3N2O6/c1-25-9-5-6(4-7(12(9)22)19(23)24)11(21)10-8(20)2-3-18-13(10)14(15,16)17/h3-5,22H,2H2,1H3. The lowest BCUT2D eigenvalue weighted by Gasteiger charge is -2.16. The number of carbonyl (C=O) groups is 2. The van der Waals surface area contributed by atoms with Gasteiger partial charge in [-0.2, -0.15) is 13.2 Å². The molecular weight excluding hydrogens is 349 g/mol. The van der Waals surface area contributed by atoms with Gasteiger partial charge in [0, 0.05) is 24.3 Å². The number of halogens is 3. The lowest BCUT2D eigenvalue weighted by Crippen LogP contribution is -2.25. The second kappa shape index (κ2) is 6.34. The Kier molecular flexibility index (Phi) is 4.59. The second-order valence-electron chi connectivity index (χ2n) is 4.79. The third-order valence-corrected chi connectivity index (χ3v) is 3.24. The van der Waals surface area contributed by atoms with E-state index in [9.17, 15) is 38.0 Å². The number of allylic oxidation sites excluding steroid dienone is 2. The van der Waals surface area contributed by atoms with E-state index in [1.54, 1.807) is 0 Å². The van der Waals surface area contributed by atoms with E-state index in [2.05, 4.69) is 9.73 Å². The van der Waals surface area contributed by atoms with Crippen molar-refractivity contribution in [3.05, 3.63) is 39.1 Å². The number of phenolic OH excluding ortho intramolecular Hbond substituents is 1. The highest BCUT2D eigenvalue weighted by molar-refractivity contribution is 6.29. The summed E-state index contributed by atoms with van der Waals surface area (Å²) >= 11 is 0. The average molecular weight is 358 g/mol. The van der Waals surface area contributed by atoms with Crippen LogP contribution in [0.4, 0.5) is 18.9 Å². The number of nitro groups is 1. The van der Waals surface area contributed by atoms with Crippen molar-refractivity contribution in [2.75, 3.05) is 7.11 Å². The van der Waals surface area contributed by atoms with Gasteiger partial charge in [0.25, 0.3) is 0 Å². The molecule has 0 saturated carbocycles. The van der Waals surface area contributed by atoms with E-state index in [1.807, 2.05) is 0 Å². The number of phenols is 1. The van der Waals surface area contributed by atoms with Crippen LogP contribution in [0.25, 0.3) is 0 Å². The average Bonchev–Trinajstić information content (AvgIpc) is 2.53. The molecule has 1 heterocycles. The Hall–Kier alpha value is -3.24. The molecule has 8 nitrogen and oxygen atoms in total. The number of nitro benzene ring substituents is 1. The molecular formula is C14H9F3N2O6. The van der Waals surface area contributed by atoms with Gasteiger partial charge in [-0.05, 0) is 6.07 Å². The van der Waals surface area contributed by atoms with E-state index < -0.39 is 63.1 Å². The highest BCUT2D eigenvalue weighted by atomic mass is 19.4. The maximum atomic E-state index is 13.0. The number of aliphatic imine (C=N–C) groups is 1. The zero-order chi connectivity index (χ0) is 18.9. The Balaban J connectivity index is 2.69. The van der Waals surface area contributed by atoms with Gasteiger partial charge in [0.1, 0.15) is 0 Å². The fraction of sp³-hybridized carbons (Fsp3) is 0.214. The van der Waals surface area contributed by atoms with E-state index in [1.165, 1.54) is 0 Å². The summed E-state index contributed by atoms with van der Waals surface area (Å²) in [6, 6.07) is 1.37. The lowest BCUT2D eigenvalue weighted by atomic mass is 9.94. The quantitative estimate of drug-likeness (QED) is 0.382. The third-order valence-electron chi connectivity index (χ3n) is 3.24. The van der Waals surface area contributed by atoms with Crippen molar-refractivity contribution >= 4 is 23.5 Å². The number of hydrogen-bond acceptors (Lipinski definition) is 7. The molecule has 1 aliphatic heterocycles. The first-order valence-electron chi connectivity index (χ1n) is 6.55. The van der Waals surface area contributed by atoms with Crippen molar-refractivity contribution in [3.8, 4) is 11.5 Å². The van der Waals surface area contributed by atoms with Crippen molar-refractivity contribution < 1.29 is 37.5 Å². The van der Waals surface area contributed by atoms with Crippen LogP contribution in [-0.4, -0.2) is 41.1 Å². The number of methoxy groups -OCH3 is 1. The fourth-order valence-corrected chi connectivity index (χ4v) is 2.13. The molecule has 1 aliphatic rings. The lowest BCUT2D eigenvalue weighted by molar-refractivity contribution is -0.386. The third kappa shape index (κ3) is 3.34. The molecule has 0 aliphatic carbocycles. The minimum absolute atomic E-state index is 0.501. The molecule has 1 aromatic carbocycles. The van der Waals surface area contributed by atoms with Crippen molar-refractivity contribution in [2.45, 2.75) is 12.6 Å². The predicted octanol–water partition coefficient (Wildman–Crippen LogP) is 2.35. The highest BCUT2D eigenvalue weighted by Gasteiger charge is 2.42. The molecule has 1 aromatic rings. The van der Waals surface area contributed by atoms with Gasteiger partial charge in [0.05, 0.1) is 17.6 Å². The van der Waals surface area contributed by atoms with Gasteiger partial charge in [0.2, 0.25) is 5.75 Å². The summed E-state index contributed by atoms with van der Waals surface area (Å²) in [7, 11) is 1.03. The van der Waals surface area contributed by atoms with Crippen LogP contribution in [0.2, 0.25) is 0 Å². The van der Waals surface area contributed by atoms with Gasteiger partial charge in [-0.1, -0.05) is 0 Å². The molecule has 0 aromatic heterocycles. The van der Waals surface area contributed by atoms with Crippen molar-refractivity contribution in [2.24, 2.45) is 4.99 Å².